The molecule has 2 aromatic carbocycles. The number of ether oxygens (including phenoxy) is 1. The first-order chi connectivity index (χ1) is 13.5. The third-order valence-electron chi connectivity index (χ3n) is 4.58. The molecular formula is C21H20F2N2O3. The second-order valence-corrected chi connectivity index (χ2v) is 6.35. The minimum absolute atomic E-state index is 0.0907. The number of amides is 2. The number of halogens is 2. The molecule has 1 fully saturated rings. The van der Waals surface area contributed by atoms with E-state index in [-0.39, 0.29) is 11.8 Å². The molecule has 1 saturated heterocycles. The minimum Gasteiger partial charge on any atom is -0.497 e. The molecule has 0 radical (unpaired) electrons. The van der Waals surface area contributed by atoms with E-state index in [1.54, 1.807) is 41.2 Å². The number of benzene rings is 2. The van der Waals surface area contributed by atoms with E-state index in [4.69, 9.17) is 4.74 Å². The molecule has 0 aliphatic carbocycles. The average Bonchev–Trinajstić information content (AvgIpc) is 2.74. The normalized spacial score (nSPS) is 14.4. The van der Waals surface area contributed by atoms with Gasteiger partial charge in [-0.15, -0.1) is 0 Å². The third-order valence-corrected chi connectivity index (χ3v) is 4.58. The fraction of sp³-hybridized carbons (Fsp3) is 0.238. The smallest absolute Gasteiger partial charge is 0.253 e. The molecule has 1 aliphatic heterocycles. The number of carbonyl (C=O) groups excluding carboxylic acids is 2. The van der Waals surface area contributed by atoms with E-state index in [0.717, 1.165) is 12.1 Å². The number of rotatable bonds is 4. The van der Waals surface area contributed by atoms with Gasteiger partial charge in [0.05, 0.1) is 7.11 Å². The van der Waals surface area contributed by atoms with Crippen molar-refractivity contribution in [1.29, 1.82) is 0 Å². The molecule has 3 rings (SSSR count). The molecule has 7 heteroatoms. The van der Waals surface area contributed by atoms with Gasteiger partial charge in [0.1, 0.15) is 5.75 Å². The highest BCUT2D eigenvalue weighted by molar-refractivity contribution is 5.95. The van der Waals surface area contributed by atoms with Gasteiger partial charge < -0.3 is 14.5 Å². The van der Waals surface area contributed by atoms with E-state index in [1.807, 2.05) is 0 Å². The van der Waals surface area contributed by atoms with Crippen LogP contribution in [0.25, 0.3) is 6.08 Å². The summed E-state index contributed by atoms with van der Waals surface area (Å²) in [5.74, 6) is -1.53. The van der Waals surface area contributed by atoms with Gasteiger partial charge in [0.15, 0.2) is 11.6 Å². The Bertz CT molecular complexity index is 889. The van der Waals surface area contributed by atoms with Crippen molar-refractivity contribution in [1.82, 2.24) is 9.80 Å². The van der Waals surface area contributed by atoms with E-state index >= 15 is 0 Å². The lowest BCUT2D eigenvalue weighted by Crippen LogP contribution is -2.50. The third kappa shape index (κ3) is 4.54. The predicted molar refractivity (Wildman–Crippen MR) is 101 cm³/mol. The van der Waals surface area contributed by atoms with Crippen molar-refractivity contribution < 1.29 is 23.1 Å². The first kappa shape index (κ1) is 19.5. The van der Waals surface area contributed by atoms with Crippen LogP contribution < -0.4 is 4.74 Å². The highest BCUT2D eigenvalue weighted by Crippen LogP contribution is 2.15. The molecule has 1 heterocycles. The van der Waals surface area contributed by atoms with Crippen LogP contribution in [0.5, 0.6) is 5.75 Å². The van der Waals surface area contributed by atoms with E-state index in [1.165, 1.54) is 18.2 Å². The number of methoxy groups -OCH3 is 1. The van der Waals surface area contributed by atoms with Crippen LogP contribution in [-0.2, 0) is 4.79 Å². The molecule has 0 aromatic heterocycles. The Morgan fingerprint density at radius 2 is 1.57 bits per heavy atom. The first-order valence-corrected chi connectivity index (χ1v) is 8.83. The molecule has 0 spiro atoms. The summed E-state index contributed by atoms with van der Waals surface area (Å²) in [4.78, 5) is 28.2. The van der Waals surface area contributed by atoms with Crippen LogP contribution in [0.15, 0.2) is 48.5 Å². The topological polar surface area (TPSA) is 49.9 Å². The van der Waals surface area contributed by atoms with Gasteiger partial charge in [-0.2, -0.15) is 0 Å². The summed E-state index contributed by atoms with van der Waals surface area (Å²) in [6, 6.07) is 10.3. The molecule has 0 saturated carbocycles. The maximum Gasteiger partial charge on any atom is 0.253 e. The van der Waals surface area contributed by atoms with Crippen molar-refractivity contribution in [2.75, 3.05) is 33.3 Å². The van der Waals surface area contributed by atoms with Gasteiger partial charge in [0.25, 0.3) is 5.91 Å². The summed E-state index contributed by atoms with van der Waals surface area (Å²) >= 11 is 0. The molecule has 0 unspecified atom stereocenters. The zero-order chi connectivity index (χ0) is 20.1. The Kier molecular flexibility index (Phi) is 6.03. The molecule has 0 bridgehead atoms. The van der Waals surface area contributed by atoms with Crippen molar-refractivity contribution >= 4 is 17.9 Å². The number of hydrogen-bond donors (Lipinski definition) is 0. The molecule has 2 amide bonds. The van der Waals surface area contributed by atoms with Crippen LogP contribution in [0, 0.1) is 11.6 Å². The molecule has 0 N–H and O–H groups in total. The lowest BCUT2D eigenvalue weighted by atomic mass is 10.1. The number of piperazine rings is 1. The van der Waals surface area contributed by atoms with E-state index in [9.17, 15) is 18.4 Å². The van der Waals surface area contributed by atoms with Gasteiger partial charge in [-0.25, -0.2) is 8.78 Å². The molecule has 2 aromatic rings. The van der Waals surface area contributed by atoms with Crippen LogP contribution >= 0.6 is 0 Å². The molecule has 5 nitrogen and oxygen atoms in total. The minimum atomic E-state index is -0.958. The highest BCUT2D eigenvalue weighted by atomic mass is 19.2. The summed E-state index contributed by atoms with van der Waals surface area (Å²) in [6.07, 6.45) is 2.77. The fourth-order valence-electron chi connectivity index (χ4n) is 2.94. The van der Waals surface area contributed by atoms with Gasteiger partial charge >= 0.3 is 0 Å². The zero-order valence-electron chi connectivity index (χ0n) is 15.4. The molecule has 1 aliphatic rings. The average molecular weight is 386 g/mol. The van der Waals surface area contributed by atoms with Gasteiger partial charge in [-0.05, 0) is 48.0 Å². The van der Waals surface area contributed by atoms with Crippen molar-refractivity contribution in [3.63, 3.8) is 0 Å². The van der Waals surface area contributed by atoms with Crippen molar-refractivity contribution in [3.8, 4) is 5.75 Å². The summed E-state index contributed by atoms with van der Waals surface area (Å²) < 4.78 is 31.2. The Balaban J connectivity index is 1.55. The standard InChI is InChI=1S/C21H20F2N2O3/c1-28-17-6-4-16(5-7-17)21(27)25-12-10-24(11-13-25)20(26)9-3-15-2-8-18(22)19(23)14-15/h2-9,14H,10-13H2,1H3/b9-3+. The molecule has 146 valence electrons. The monoisotopic (exact) mass is 386 g/mol. The van der Waals surface area contributed by atoms with Gasteiger partial charge in [-0.1, -0.05) is 6.07 Å². The predicted octanol–water partition coefficient (Wildman–Crippen LogP) is 2.97. The van der Waals surface area contributed by atoms with Crippen LogP contribution in [0.2, 0.25) is 0 Å². The maximum absolute atomic E-state index is 13.2. The summed E-state index contributed by atoms with van der Waals surface area (Å²) in [5.41, 5.74) is 0.972. The number of hydrogen-bond acceptors (Lipinski definition) is 3. The van der Waals surface area contributed by atoms with Crippen molar-refractivity contribution in [2.45, 2.75) is 0 Å². The molecule has 28 heavy (non-hydrogen) atoms. The Morgan fingerprint density at radius 3 is 2.18 bits per heavy atom. The summed E-state index contributed by atoms with van der Waals surface area (Å²) in [7, 11) is 1.56. The van der Waals surface area contributed by atoms with Crippen LogP contribution in [0.4, 0.5) is 8.78 Å². The van der Waals surface area contributed by atoms with E-state index in [2.05, 4.69) is 0 Å². The largest absolute Gasteiger partial charge is 0.497 e. The van der Waals surface area contributed by atoms with Gasteiger partial charge in [0.2, 0.25) is 5.91 Å². The molecule has 0 atom stereocenters. The zero-order valence-corrected chi connectivity index (χ0v) is 15.4. The summed E-state index contributed by atoms with van der Waals surface area (Å²) in [5, 5.41) is 0. The van der Waals surface area contributed by atoms with E-state index in [0.29, 0.717) is 43.1 Å². The van der Waals surface area contributed by atoms with Crippen LogP contribution in [0.3, 0.4) is 0 Å². The Hall–Kier alpha value is -3.22. The van der Waals surface area contributed by atoms with Gasteiger partial charge in [0, 0.05) is 37.8 Å². The molecular weight excluding hydrogens is 366 g/mol. The number of nitrogens with zero attached hydrogens (tertiary/aromatic N) is 2. The summed E-state index contributed by atoms with van der Waals surface area (Å²) in [6.45, 7) is 1.66. The first-order valence-electron chi connectivity index (χ1n) is 8.83. The van der Waals surface area contributed by atoms with Crippen molar-refractivity contribution in [2.24, 2.45) is 0 Å². The van der Waals surface area contributed by atoms with E-state index < -0.39 is 11.6 Å². The van der Waals surface area contributed by atoms with Crippen LogP contribution in [0.1, 0.15) is 15.9 Å². The van der Waals surface area contributed by atoms with Gasteiger partial charge in [-0.3, -0.25) is 9.59 Å². The van der Waals surface area contributed by atoms with Crippen molar-refractivity contribution in [3.05, 3.63) is 71.3 Å². The maximum atomic E-state index is 13.2. The highest BCUT2D eigenvalue weighted by Gasteiger charge is 2.23. The number of carbonyl (C=O) groups is 2. The quantitative estimate of drug-likeness (QED) is 0.759. The lowest BCUT2D eigenvalue weighted by molar-refractivity contribution is -0.127. The Morgan fingerprint density at radius 1 is 0.929 bits per heavy atom. The fourth-order valence-corrected chi connectivity index (χ4v) is 2.94. The lowest BCUT2D eigenvalue weighted by Gasteiger charge is -2.34. The SMILES string of the molecule is COc1ccc(C(=O)N2CCN(C(=O)/C=C/c3ccc(F)c(F)c3)CC2)cc1. The second kappa shape index (κ2) is 8.65. The Labute approximate surface area is 161 Å². The second-order valence-electron chi connectivity index (χ2n) is 6.35. The van der Waals surface area contributed by atoms with Crippen LogP contribution in [-0.4, -0.2) is 54.9 Å².